The molecule has 70 valence electrons. The number of ketones is 1. The summed E-state index contributed by atoms with van der Waals surface area (Å²) < 4.78 is 0. The van der Waals surface area contributed by atoms with Gasteiger partial charge in [0.05, 0.1) is 0 Å². The molecule has 0 atom stereocenters. The van der Waals surface area contributed by atoms with Crippen molar-refractivity contribution in [3.63, 3.8) is 0 Å². The van der Waals surface area contributed by atoms with Gasteiger partial charge in [-0.05, 0) is 32.6 Å². The van der Waals surface area contributed by atoms with Crippen molar-refractivity contribution in [2.75, 3.05) is 5.33 Å². The third-order valence-electron chi connectivity index (χ3n) is 3.10. The highest BCUT2D eigenvalue weighted by Gasteiger charge is 2.40. The number of halogens is 1. The summed E-state index contributed by atoms with van der Waals surface area (Å²) in [7, 11) is 0. The average molecular weight is 233 g/mol. The van der Waals surface area contributed by atoms with Crippen LogP contribution in [0.25, 0.3) is 0 Å². The maximum absolute atomic E-state index is 11.3. The number of rotatable bonds is 5. The third kappa shape index (κ3) is 2.09. The van der Waals surface area contributed by atoms with Gasteiger partial charge in [-0.2, -0.15) is 0 Å². The van der Waals surface area contributed by atoms with E-state index in [1.807, 2.05) is 0 Å². The van der Waals surface area contributed by atoms with Crippen LogP contribution in [-0.2, 0) is 4.79 Å². The molecule has 0 aromatic carbocycles. The van der Waals surface area contributed by atoms with E-state index < -0.39 is 0 Å². The minimum atomic E-state index is 0.113. The van der Waals surface area contributed by atoms with Crippen LogP contribution in [0.3, 0.4) is 0 Å². The molecule has 1 nitrogen and oxygen atoms in total. The van der Waals surface area contributed by atoms with Crippen molar-refractivity contribution in [1.29, 1.82) is 0 Å². The van der Waals surface area contributed by atoms with E-state index in [9.17, 15) is 4.79 Å². The van der Waals surface area contributed by atoms with Crippen molar-refractivity contribution < 1.29 is 4.79 Å². The molecule has 0 unspecified atom stereocenters. The molecule has 0 bridgehead atoms. The molecule has 1 aliphatic carbocycles. The molecule has 0 aliphatic heterocycles. The van der Waals surface area contributed by atoms with Gasteiger partial charge in [-0.15, -0.1) is 0 Å². The second-order valence-electron chi connectivity index (χ2n) is 3.84. The zero-order chi connectivity index (χ0) is 9.03. The Bertz CT molecular complexity index is 161. The van der Waals surface area contributed by atoms with Crippen molar-refractivity contribution >= 4 is 21.7 Å². The first-order valence-corrected chi connectivity index (χ1v) is 5.90. The minimum Gasteiger partial charge on any atom is -0.299 e. The van der Waals surface area contributed by atoms with Crippen LogP contribution in [0.5, 0.6) is 0 Å². The standard InChI is InChI=1S/C10H17BrO/c1-9(12)10(6-4-7-10)5-2-3-8-11/h2-8H2,1H3. The first kappa shape index (κ1) is 10.2. The first-order valence-electron chi connectivity index (χ1n) is 4.78. The number of Topliss-reactive ketones (excluding diaryl/α,β-unsaturated/α-hetero) is 1. The second kappa shape index (κ2) is 4.40. The Hall–Kier alpha value is 0.150. The highest BCUT2D eigenvalue weighted by atomic mass is 79.9. The molecule has 12 heavy (non-hydrogen) atoms. The number of alkyl halides is 1. The minimum absolute atomic E-state index is 0.113. The lowest BCUT2D eigenvalue weighted by Gasteiger charge is -2.39. The molecule has 1 fully saturated rings. The highest BCUT2D eigenvalue weighted by molar-refractivity contribution is 9.09. The first-order chi connectivity index (χ1) is 5.71. The SMILES string of the molecule is CC(=O)C1(CCCCBr)CCC1. The van der Waals surface area contributed by atoms with Crippen LogP contribution in [0.15, 0.2) is 0 Å². The Morgan fingerprint density at radius 1 is 1.42 bits per heavy atom. The summed E-state index contributed by atoms with van der Waals surface area (Å²) >= 11 is 3.41. The van der Waals surface area contributed by atoms with Gasteiger partial charge in [0.1, 0.15) is 5.78 Å². The number of hydrogen-bond acceptors (Lipinski definition) is 1. The average Bonchev–Trinajstić information content (AvgIpc) is 1.94. The summed E-state index contributed by atoms with van der Waals surface area (Å²) in [6.07, 6.45) is 7.07. The van der Waals surface area contributed by atoms with Gasteiger partial charge in [0.25, 0.3) is 0 Å². The Kier molecular flexibility index (Phi) is 3.76. The van der Waals surface area contributed by atoms with Gasteiger partial charge >= 0.3 is 0 Å². The number of unbranched alkanes of at least 4 members (excludes halogenated alkanes) is 1. The Morgan fingerprint density at radius 2 is 2.08 bits per heavy atom. The highest BCUT2D eigenvalue weighted by Crippen LogP contribution is 2.45. The predicted octanol–water partition coefficient (Wildman–Crippen LogP) is 3.31. The normalized spacial score (nSPS) is 20.2. The zero-order valence-corrected chi connectivity index (χ0v) is 9.32. The largest absolute Gasteiger partial charge is 0.299 e. The smallest absolute Gasteiger partial charge is 0.135 e. The predicted molar refractivity (Wildman–Crippen MR) is 54.6 cm³/mol. The van der Waals surface area contributed by atoms with E-state index in [1.54, 1.807) is 6.92 Å². The lowest BCUT2D eigenvalue weighted by Crippen LogP contribution is -2.36. The molecule has 0 heterocycles. The summed E-state index contributed by atoms with van der Waals surface area (Å²) in [5.74, 6) is 0.420. The van der Waals surface area contributed by atoms with Gasteiger partial charge in [0.15, 0.2) is 0 Å². The summed E-state index contributed by atoms with van der Waals surface area (Å²) in [6, 6.07) is 0. The van der Waals surface area contributed by atoms with Gasteiger partial charge in [0, 0.05) is 10.7 Å². The third-order valence-corrected chi connectivity index (χ3v) is 3.66. The van der Waals surface area contributed by atoms with Crippen molar-refractivity contribution in [3.05, 3.63) is 0 Å². The lowest BCUT2D eigenvalue weighted by atomic mass is 9.64. The summed E-state index contributed by atoms with van der Waals surface area (Å²) in [4.78, 5) is 11.3. The molecule has 1 saturated carbocycles. The molecule has 1 aliphatic rings. The van der Waals surface area contributed by atoms with Gasteiger partial charge in [-0.3, -0.25) is 4.79 Å². The van der Waals surface area contributed by atoms with E-state index in [4.69, 9.17) is 0 Å². The quantitative estimate of drug-likeness (QED) is 0.526. The number of carbonyl (C=O) groups is 1. The lowest BCUT2D eigenvalue weighted by molar-refractivity contribution is -0.131. The van der Waals surface area contributed by atoms with Crippen LogP contribution < -0.4 is 0 Å². The Balaban J connectivity index is 2.30. The van der Waals surface area contributed by atoms with Gasteiger partial charge in [-0.1, -0.05) is 28.8 Å². The summed E-state index contributed by atoms with van der Waals surface area (Å²) in [5.41, 5.74) is 0.113. The van der Waals surface area contributed by atoms with E-state index in [0.29, 0.717) is 5.78 Å². The maximum atomic E-state index is 11.3. The molecule has 0 saturated heterocycles. The van der Waals surface area contributed by atoms with Crippen LogP contribution in [0.4, 0.5) is 0 Å². The van der Waals surface area contributed by atoms with Crippen molar-refractivity contribution in [3.8, 4) is 0 Å². The van der Waals surface area contributed by atoms with E-state index in [1.165, 1.54) is 19.3 Å². The fourth-order valence-corrected chi connectivity index (χ4v) is 2.34. The van der Waals surface area contributed by atoms with E-state index in [-0.39, 0.29) is 5.41 Å². The topological polar surface area (TPSA) is 17.1 Å². The molecule has 2 heteroatoms. The molecule has 0 aromatic rings. The zero-order valence-electron chi connectivity index (χ0n) is 7.74. The summed E-state index contributed by atoms with van der Waals surface area (Å²) in [6.45, 7) is 1.76. The van der Waals surface area contributed by atoms with Crippen molar-refractivity contribution in [1.82, 2.24) is 0 Å². The fourth-order valence-electron chi connectivity index (χ4n) is 1.94. The molecule has 0 spiro atoms. The van der Waals surface area contributed by atoms with Crippen LogP contribution >= 0.6 is 15.9 Å². The van der Waals surface area contributed by atoms with E-state index in [0.717, 1.165) is 24.6 Å². The van der Waals surface area contributed by atoms with E-state index >= 15 is 0 Å². The van der Waals surface area contributed by atoms with Gasteiger partial charge < -0.3 is 0 Å². The molecule has 0 N–H and O–H groups in total. The van der Waals surface area contributed by atoms with Crippen LogP contribution in [0.2, 0.25) is 0 Å². The van der Waals surface area contributed by atoms with Gasteiger partial charge in [-0.25, -0.2) is 0 Å². The molecule has 0 amide bonds. The fraction of sp³-hybridized carbons (Fsp3) is 0.900. The molecule has 0 radical (unpaired) electrons. The molecular formula is C10H17BrO. The van der Waals surface area contributed by atoms with Crippen LogP contribution in [-0.4, -0.2) is 11.1 Å². The Labute approximate surface area is 83.0 Å². The summed E-state index contributed by atoms with van der Waals surface area (Å²) in [5, 5.41) is 1.07. The molecule has 0 aromatic heterocycles. The Morgan fingerprint density at radius 3 is 2.42 bits per heavy atom. The number of hydrogen-bond donors (Lipinski definition) is 0. The molecule has 1 rings (SSSR count). The van der Waals surface area contributed by atoms with Crippen molar-refractivity contribution in [2.45, 2.75) is 45.4 Å². The van der Waals surface area contributed by atoms with Crippen LogP contribution in [0, 0.1) is 5.41 Å². The van der Waals surface area contributed by atoms with Gasteiger partial charge in [0.2, 0.25) is 0 Å². The molecular weight excluding hydrogens is 216 g/mol. The second-order valence-corrected chi connectivity index (χ2v) is 4.63. The van der Waals surface area contributed by atoms with Crippen molar-refractivity contribution in [2.24, 2.45) is 5.41 Å². The van der Waals surface area contributed by atoms with E-state index in [2.05, 4.69) is 15.9 Å². The monoisotopic (exact) mass is 232 g/mol. The maximum Gasteiger partial charge on any atom is 0.135 e. The van der Waals surface area contributed by atoms with Crippen LogP contribution in [0.1, 0.15) is 45.4 Å². The number of carbonyl (C=O) groups excluding carboxylic acids is 1.